The molecule has 94 valence electrons. The lowest BCUT2D eigenvalue weighted by molar-refractivity contribution is 0.845. The molecule has 18 heavy (non-hydrogen) atoms. The number of aromatic nitrogens is 3. The Morgan fingerprint density at radius 1 is 1.39 bits per heavy atom. The molecule has 0 saturated carbocycles. The lowest BCUT2D eigenvalue weighted by atomic mass is 10.1. The third kappa shape index (κ3) is 1.64. The maximum Gasteiger partial charge on any atom is 0.185 e. The zero-order valence-electron chi connectivity index (χ0n) is 10.8. The molecule has 0 aliphatic carbocycles. The van der Waals surface area contributed by atoms with E-state index in [1.54, 1.807) is 0 Å². The van der Waals surface area contributed by atoms with Crippen LogP contribution in [-0.4, -0.2) is 28.3 Å². The van der Waals surface area contributed by atoms with E-state index in [1.807, 2.05) is 25.7 Å². The number of rotatable bonds is 3. The minimum atomic E-state index is 0.456. The van der Waals surface area contributed by atoms with Crippen molar-refractivity contribution >= 4 is 22.7 Å². The van der Waals surface area contributed by atoms with Crippen molar-refractivity contribution in [2.75, 3.05) is 23.7 Å². The first kappa shape index (κ1) is 12.2. The van der Waals surface area contributed by atoms with Crippen molar-refractivity contribution in [1.82, 2.24) is 15.2 Å². The second-order valence-electron chi connectivity index (χ2n) is 4.06. The minimum absolute atomic E-state index is 0.456. The van der Waals surface area contributed by atoms with Gasteiger partial charge >= 0.3 is 0 Å². The minimum Gasteiger partial charge on any atom is -0.384 e. The van der Waals surface area contributed by atoms with Crippen LogP contribution in [0.5, 0.6) is 0 Å². The molecule has 2 aromatic heterocycles. The number of aromatic amines is 1. The molecule has 0 saturated heterocycles. The Labute approximate surface area is 105 Å². The van der Waals surface area contributed by atoms with Crippen molar-refractivity contribution in [3.8, 4) is 6.07 Å². The third-order valence-corrected chi connectivity index (χ3v) is 3.14. The number of nitrogen functional groups attached to an aromatic ring is 1. The summed E-state index contributed by atoms with van der Waals surface area (Å²) >= 11 is 0. The first-order valence-electron chi connectivity index (χ1n) is 5.93. The number of hydrogen-bond donors (Lipinski definition) is 2. The molecule has 0 fully saturated rings. The topological polar surface area (TPSA) is 94.6 Å². The highest BCUT2D eigenvalue weighted by molar-refractivity contribution is 5.92. The maximum atomic E-state index is 9.34. The fourth-order valence-electron chi connectivity index (χ4n) is 2.13. The Kier molecular flexibility index (Phi) is 3.06. The average molecular weight is 244 g/mol. The van der Waals surface area contributed by atoms with Gasteiger partial charge in [-0.2, -0.15) is 10.4 Å². The summed E-state index contributed by atoms with van der Waals surface area (Å²) in [6, 6.07) is 2.22. The first-order chi connectivity index (χ1) is 8.63. The van der Waals surface area contributed by atoms with Crippen molar-refractivity contribution in [1.29, 1.82) is 5.26 Å². The van der Waals surface area contributed by atoms with Crippen LogP contribution in [0.15, 0.2) is 0 Å². The fraction of sp³-hybridized carbons (Fsp3) is 0.417. The van der Waals surface area contributed by atoms with Crippen molar-refractivity contribution in [3.63, 3.8) is 0 Å². The molecule has 0 amide bonds. The first-order valence-corrected chi connectivity index (χ1v) is 5.93. The van der Waals surface area contributed by atoms with Gasteiger partial charge < -0.3 is 10.6 Å². The predicted octanol–water partition coefficient (Wildman–Crippen LogP) is 1.57. The van der Waals surface area contributed by atoms with Gasteiger partial charge in [0, 0.05) is 13.1 Å². The van der Waals surface area contributed by atoms with Crippen LogP contribution in [0.3, 0.4) is 0 Å². The third-order valence-electron chi connectivity index (χ3n) is 3.14. The molecule has 0 aromatic carbocycles. The Hall–Kier alpha value is -2.29. The Morgan fingerprint density at radius 2 is 2.06 bits per heavy atom. The largest absolute Gasteiger partial charge is 0.384 e. The van der Waals surface area contributed by atoms with Crippen molar-refractivity contribution in [2.24, 2.45) is 0 Å². The van der Waals surface area contributed by atoms with Gasteiger partial charge in [0.25, 0.3) is 0 Å². The fourth-order valence-corrected chi connectivity index (χ4v) is 2.13. The summed E-state index contributed by atoms with van der Waals surface area (Å²) in [6.45, 7) is 7.53. The number of nitrogens with one attached hydrogen (secondary N) is 1. The summed E-state index contributed by atoms with van der Waals surface area (Å²) in [4.78, 5) is 6.49. The zero-order valence-corrected chi connectivity index (χ0v) is 10.8. The molecule has 0 radical (unpaired) electrons. The molecule has 2 heterocycles. The van der Waals surface area contributed by atoms with Crippen LogP contribution < -0.4 is 10.6 Å². The predicted molar refractivity (Wildman–Crippen MR) is 71.3 cm³/mol. The lowest BCUT2D eigenvalue weighted by Gasteiger charge is -2.21. The van der Waals surface area contributed by atoms with E-state index in [-0.39, 0.29) is 0 Å². The average Bonchev–Trinajstić information content (AvgIpc) is 2.73. The van der Waals surface area contributed by atoms with Gasteiger partial charge in [0.05, 0.1) is 10.9 Å². The van der Waals surface area contributed by atoms with Gasteiger partial charge in [-0.1, -0.05) is 0 Å². The van der Waals surface area contributed by atoms with E-state index >= 15 is 0 Å². The molecule has 0 bridgehead atoms. The maximum absolute atomic E-state index is 9.34. The molecule has 2 aromatic rings. The van der Waals surface area contributed by atoms with E-state index < -0.39 is 0 Å². The van der Waals surface area contributed by atoms with Crippen LogP contribution in [0.2, 0.25) is 0 Å². The van der Waals surface area contributed by atoms with E-state index in [2.05, 4.69) is 21.3 Å². The molecule has 3 N–H and O–H groups in total. The summed E-state index contributed by atoms with van der Waals surface area (Å²) in [5, 5.41) is 16.9. The standard InChI is InChI=1S/C12H16N6/c1-4-18(5-2)12-8(6-13)7(3)9-10(14)16-17-11(9)15-12/h4-5H2,1-3H3,(H3,14,15,16,17). The van der Waals surface area contributed by atoms with Crippen LogP contribution in [-0.2, 0) is 0 Å². The quantitative estimate of drug-likeness (QED) is 0.854. The Bertz CT molecular complexity index is 618. The highest BCUT2D eigenvalue weighted by Crippen LogP contribution is 2.29. The number of hydrogen-bond acceptors (Lipinski definition) is 5. The number of anilines is 2. The van der Waals surface area contributed by atoms with E-state index in [0.717, 1.165) is 24.0 Å². The van der Waals surface area contributed by atoms with Crippen LogP contribution in [0.1, 0.15) is 25.0 Å². The van der Waals surface area contributed by atoms with Crippen LogP contribution in [0.25, 0.3) is 11.0 Å². The summed E-state index contributed by atoms with van der Waals surface area (Å²) in [5.41, 5.74) is 7.77. The van der Waals surface area contributed by atoms with Gasteiger partial charge in [0.15, 0.2) is 5.65 Å². The van der Waals surface area contributed by atoms with Gasteiger partial charge in [-0.3, -0.25) is 5.10 Å². The van der Waals surface area contributed by atoms with E-state index in [1.165, 1.54) is 0 Å². The number of H-pyrrole nitrogens is 1. The second kappa shape index (κ2) is 4.53. The monoisotopic (exact) mass is 244 g/mol. The highest BCUT2D eigenvalue weighted by atomic mass is 15.2. The van der Waals surface area contributed by atoms with Crippen LogP contribution in [0, 0.1) is 18.3 Å². The molecule has 6 nitrogen and oxygen atoms in total. The molecule has 0 atom stereocenters. The van der Waals surface area contributed by atoms with Gasteiger partial charge in [0.2, 0.25) is 0 Å². The lowest BCUT2D eigenvalue weighted by Crippen LogP contribution is -2.24. The molecule has 0 spiro atoms. The molecule has 0 unspecified atom stereocenters. The zero-order chi connectivity index (χ0) is 13.3. The van der Waals surface area contributed by atoms with E-state index in [9.17, 15) is 5.26 Å². The van der Waals surface area contributed by atoms with Crippen molar-refractivity contribution < 1.29 is 0 Å². The van der Waals surface area contributed by atoms with Crippen molar-refractivity contribution in [2.45, 2.75) is 20.8 Å². The number of nitriles is 1. The number of fused-ring (bicyclic) bond motifs is 1. The van der Waals surface area contributed by atoms with Crippen molar-refractivity contribution in [3.05, 3.63) is 11.1 Å². The molecule has 0 aliphatic heterocycles. The smallest absolute Gasteiger partial charge is 0.185 e. The molecule has 6 heteroatoms. The van der Waals surface area contributed by atoms with Gasteiger partial charge in [0.1, 0.15) is 17.7 Å². The molecular weight excluding hydrogens is 228 g/mol. The SMILES string of the molecule is CCN(CC)c1nc2n[nH]c(N)c2c(C)c1C#N. The van der Waals surface area contributed by atoms with Crippen LogP contribution in [0.4, 0.5) is 11.6 Å². The van der Waals surface area contributed by atoms with E-state index in [0.29, 0.717) is 22.8 Å². The number of nitrogens with two attached hydrogens (primary N) is 1. The second-order valence-corrected chi connectivity index (χ2v) is 4.06. The summed E-state index contributed by atoms with van der Waals surface area (Å²) in [6.07, 6.45) is 0. The van der Waals surface area contributed by atoms with E-state index in [4.69, 9.17) is 5.73 Å². The molecule has 0 aliphatic rings. The van der Waals surface area contributed by atoms with Gasteiger partial charge in [-0.05, 0) is 26.3 Å². The highest BCUT2D eigenvalue weighted by Gasteiger charge is 2.18. The molecular formula is C12H16N6. The molecule has 2 rings (SSSR count). The van der Waals surface area contributed by atoms with Crippen LogP contribution >= 0.6 is 0 Å². The summed E-state index contributed by atoms with van der Waals surface area (Å²) in [7, 11) is 0. The Balaban J connectivity index is 2.78. The number of nitrogens with zero attached hydrogens (tertiary/aromatic N) is 4. The number of pyridine rings is 1. The normalized spacial score (nSPS) is 10.6. The summed E-state index contributed by atoms with van der Waals surface area (Å²) < 4.78 is 0. The number of aryl methyl sites for hydroxylation is 1. The van der Waals surface area contributed by atoms with Gasteiger partial charge in [-0.15, -0.1) is 0 Å². The summed E-state index contributed by atoms with van der Waals surface area (Å²) in [5.74, 6) is 1.14. The Morgan fingerprint density at radius 3 is 2.61 bits per heavy atom. The van der Waals surface area contributed by atoms with Gasteiger partial charge in [-0.25, -0.2) is 4.98 Å².